The predicted octanol–water partition coefficient (Wildman–Crippen LogP) is 3.90. The van der Waals surface area contributed by atoms with Crippen LogP contribution in [0.3, 0.4) is 0 Å². The van der Waals surface area contributed by atoms with Gasteiger partial charge < -0.3 is 14.4 Å². The topological polar surface area (TPSA) is 99.1 Å². The molecule has 0 spiro atoms. The minimum Gasteiger partial charge on any atom is -0.490 e. The molecule has 0 atom stereocenters. The van der Waals surface area contributed by atoms with Gasteiger partial charge in [0.25, 0.3) is 5.89 Å². The van der Waals surface area contributed by atoms with Gasteiger partial charge in [-0.1, -0.05) is 34.6 Å². The van der Waals surface area contributed by atoms with Crippen molar-refractivity contribution in [1.29, 1.82) is 0 Å². The highest BCUT2D eigenvalue weighted by Crippen LogP contribution is 2.38. The Hall–Kier alpha value is -3.80. The summed E-state index contributed by atoms with van der Waals surface area (Å²) in [5, 5.41) is 20.6. The molecule has 8 nitrogen and oxygen atoms in total. The van der Waals surface area contributed by atoms with E-state index in [2.05, 4.69) is 20.5 Å². The molecular formula is C21H17F4N5O3. The molecule has 1 N–H and O–H groups in total. The van der Waals surface area contributed by atoms with E-state index in [0.29, 0.717) is 17.8 Å². The Morgan fingerprint density at radius 1 is 1.06 bits per heavy atom. The average molecular weight is 462 g/mol. The minimum absolute atomic E-state index is 0.0520. The van der Waals surface area contributed by atoms with Crippen molar-refractivity contribution in [2.24, 2.45) is 0 Å². The summed E-state index contributed by atoms with van der Waals surface area (Å²) in [6.45, 7) is -1.16. The van der Waals surface area contributed by atoms with Gasteiger partial charge >= 0.3 is 6.18 Å². The lowest BCUT2D eigenvalue weighted by molar-refractivity contribution is -0.138. The Bertz CT molecular complexity index is 1220. The number of hydrogen-bond donors (Lipinski definition) is 1. The summed E-state index contributed by atoms with van der Waals surface area (Å²) < 4.78 is 64.1. The fraction of sp³-hybridized carbons (Fsp3) is 0.238. The van der Waals surface area contributed by atoms with Gasteiger partial charge in [-0.15, -0.1) is 5.10 Å². The molecule has 4 aromatic rings. The van der Waals surface area contributed by atoms with Crippen molar-refractivity contribution in [3.05, 3.63) is 65.5 Å². The van der Waals surface area contributed by atoms with E-state index in [0.717, 1.165) is 17.7 Å². The highest BCUT2D eigenvalue weighted by molar-refractivity contribution is 5.62. The van der Waals surface area contributed by atoms with Crippen molar-refractivity contribution in [2.75, 3.05) is 13.3 Å². The van der Waals surface area contributed by atoms with Crippen LogP contribution in [-0.4, -0.2) is 43.5 Å². The number of alkyl halides is 4. The predicted molar refractivity (Wildman–Crippen MR) is 107 cm³/mol. The van der Waals surface area contributed by atoms with Gasteiger partial charge in [0.2, 0.25) is 5.82 Å². The molecule has 0 aliphatic rings. The van der Waals surface area contributed by atoms with E-state index < -0.39 is 30.8 Å². The van der Waals surface area contributed by atoms with Crippen LogP contribution in [0.2, 0.25) is 0 Å². The van der Waals surface area contributed by atoms with Crippen molar-refractivity contribution < 1.29 is 31.9 Å². The van der Waals surface area contributed by atoms with Crippen LogP contribution < -0.4 is 4.74 Å². The van der Waals surface area contributed by atoms with Crippen LogP contribution in [0.4, 0.5) is 17.6 Å². The third kappa shape index (κ3) is 5.17. The Morgan fingerprint density at radius 3 is 2.48 bits per heavy atom. The molecule has 2 aromatic heterocycles. The fourth-order valence-corrected chi connectivity index (χ4v) is 3.05. The zero-order valence-electron chi connectivity index (χ0n) is 17.0. The number of ether oxygens (including phenoxy) is 1. The molecule has 0 saturated heterocycles. The van der Waals surface area contributed by atoms with Gasteiger partial charge in [-0.2, -0.15) is 18.2 Å². The number of rotatable bonds is 8. The van der Waals surface area contributed by atoms with Crippen molar-refractivity contribution in [3.8, 4) is 28.6 Å². The minimum atomic E-state index is -4.71. The van der Waals surface area contributed by atoms with E-state index in [-0.39, 0.29) is 23.9 Å². The summed E-state index contributed by atoms with van der Waals surface area (Å²) in [4.78, 5) is 4.19. The molecule has 2 aromatic carbocycles. The number of halogens is 4. The van der Waals surface area contributed by atoms with Gasteiger partial charge in [0, 0.05) is 11.1 Å². The number of nitrogens with zero attached hydrogens (tertiary/aromatic N) is 5. The summed E-state index contributed by atoms with van der Waals surface area (Å²) in [6, 6.07) is 10.4. The zero-order chi connectivity index (χ0) is 23.4. The smallest absolute Gasteiger partial charge is 0.419 e. The van der Waals surface area contributed by atoms with Crippen LogP contribution >= 0.6 is 0 Å². The van der Waals surface area contributed by atoms with Gasteiger partial charge in [0.1, 0.15) is 24.7 Å². The Morgan fingerprint density at radius 2 is 1.82 bits per heavy atom. The molecule has 0 bridgehead atoms. The van der Waals surface area contributed by atoms with E-state index >= 15 is 0 Å². The molecule has 4 rings (SSSR count). The first-order valence-corrected chi connectivity index (χ1v) is 9.70. The van der Waals surface area contributed by atoms with E-state index in [1.165, 1.54) is 6.07 Å². The van der Waals surface area contributed by atoms with E-state index in [1.54, 1.807) is 23.0 Å². The van der Waals surface area contributed by atoms with Crippen molar-refractivity contribution in [1.82, 2.24) is 25.1 Å². The maximum Gasteiger partial charge on any atom is 0.419 e. The molecule has 0 amide bonds. The van der Waals surface area contributed by atoms with Gasteiger partial charge in [-0.3, -0.25) is 0 Å². The lowest BCUT2D eigenvalue weighted by Crippen LogP contribution is -2.10. The lowest BCUT2D eigenvalue weighted by Gasteiger charge is -2.13. The van der Waals surface area contributed by atoms with Crippen LogP contribution in [0.5, 0.6) is 5.75 Å². The second-order valence-corrected chi connectivity index (χ2v) is 6.93. The number of aliphatic hydroxyl groups is 1. The molecule has 0 fully saturated rings. The maximum absolute atomic E-state index is 13.4. The summed E-state index contributed by atoms with van der Waals surface area (Å²) in [7, 11) is 0. The van der Waals surface area contributed by atoms with Crippen molar-refractivity contribution in [2.45, 2.75) is 19.3 Å². The Balaban J connectivity index is 1.54. The third-order valence-corrected chi connectivity index (χ3v) is 4.60. The van der Waals surface area contributed by atoms with Crippen molar-refractivity contribution >= 4 is 0 Å². The summed E-state index contributed by atoms with van der Waals surface area (Å²) >= 11 is 0. The first-order valence-electron chi connectivity index (χ1n) is 9.70. The fourth-order valence-electron chi connectivity index (χ4n) is 3.05. The number of hydrogen-bond acceptors (Lipinski definition) is 7. The zero-order valence-corrected chi connectivity index (χ0v) is 17.0. The number of benzene rings is 2. The standard InChI is InChI=1S/C21H17F4N5O3/c22-7-8-32-18-6-5-15(9-17(18)21(23,24)25)20-26-19(28-33-20)14-3-1-13(2-4-14)10-30-11-16(12-31)27-29-30/h1-6,9,11,31H,7-8,10,12H2/i22-1. The number of aliphatic hydroxyl groups excluding tert-OH is 1. The largest absolute Gasteiger partial charge is 0.490 e. The van der Waals surface area contributed by atoms with E-state index in [1.807, 2.05) is 12.1 Å². The summed E-state index contributed by atoms with van der Waals surface area (Å²) in [5.41, 5.74) is 0.950. The monoisotopic (exact) mass is 462 g/mol. The van der Waals surface area contributed by atoms with Gasteiger partial charge in [-0.05, 0) is 23.8 Å². The highest BCUT2D eigenvalue weighted by Gasteiger charge is 2.35. The molecule has 2 heterocycles. The third-order valence-electron chi connectivity index (χ3n) is 4.60. The summed E-state index contributed by atoms with van der Waals surface area (Å²) in [6.07, 6.45) is -3.08. The summed E-state index contributed by atoms with van der Waals surface area (Å²) in [5.74, 6) is -0.375. The first kappa shape index (κ1) is 22.4. The number of aromatic nitrogens is 5. The van der Waals surface area contributed by atoms with E-state index in [4.69, 9.17) is 14.4 Å². The van der Waals surface area contributed by atoms with Crippen LogP contribution in [0, 0.1) is 0 Å². The van der Waals surface area contributed by atoms with Gasteiger partial charge in [0.15, 0.2) is 0 Å². The SMILES string of the molecule is OCc1cn(Cc2ccc(-c3noc(-c4ccc(OCC[18F])c(C(F)(F)F)c4)n3)cc2)nn1. The second-order valence-electron chi connectivity index (χ2n) is 6.93. The molecule has 33 heavy (non-hydrogen) atoms. The van der Waals surface area contributed by atoms with Crippen LogP contribution in [-0.2, 0) is 19.3 Å². The van der Waals surface area contributed by atoms with Gasteiger partial charge in [0.05, 0.1) is 24.9 Å². The molecule has 172 valence electrons. The molecule has 0 radical (unpaired) electrons. The molecular weight excluding hydrogens is 445 g/mol. The van der Waals surface area contributed by atoms with Crippen LogP contribution in [0.1, 0.15) is 16.8 Å². The quantitative estimate of drug-likeness (QED) is 0.397. The Labute approximate surface area is 184 Å². The first-order chi connectivity index (χ1) is 15.9. The molecule has 0 aliphatic heterocycles. The van der Waals surface area contributed by atoms with Crippen LogP contribution in [0.15, 0.2) is 53.2 Å². The van der Waals surface area contributed by atoms with Gasteiger partial charge in [-0.25, -0.2) is 9.07 Å². The Kier molecular flexibility index (Phi) is 6.36. The molecule has 0 unspecified atom stereocenters. The van der Waals surface area contributed by atoms with E-state index in [9.17, 15) is 17.6 Å². The van der Waals surface area contributed by atoms with Crippen LogP contribution in [0.25, 0.3) is 22.8 Å². The molecule has 0 aliphatic carbocycles. The molecule has 12 heteroatoms. The average Bonchev–Trinajstić information content (AvgIpc) is 3.47. The van der Waals surface area contributed by atoms with Crippen molar-refractivity contribution in [3.63, 3.8) is 0 Å². The lowest BCUT2D eigenvalue weighted by atomic mass is 10.1. The highest BCUT2D eigenvalue weighted by atomic mass is 19.4. The second kappa shape index (κ2) is 9.36. The molecule has 0 saturated carbocycles. The normalized spacial score (nSPS) is 11.7. The maximum atomic E-state index is 13.4.